The lowest BCUT2D eigenvalue weighted by atomic mass is 10.0. The van der Waals surface area contributed by atoms with Crippen LogP contribution in [0.1, 0.15) is 17.2 Å². The highest BCUT2D eigenvalue weighted by Gasteiger charge is 2.48. The van der Waals surface area contributed by atoms with E-state index in [9.17, 15) is 22.4 Å². The maximum Gasteiger partial charge on any atom is 0.408 e. The maximum absolute atomic E-state index is 14.3. The summed E-state index contributed by atoms with van der Waals surface area (Å²) >= 11 is 5.88. The molecule has 1 aliphatic rings. The van der Waals surface area contributed by atoms with Gasteiger partial charge >= 0.3 is 6.18 Å². The van der Waals surface area contributed by atoms with Crippen LogP contribution in [0.15, 0.2) is 36.4 Å². The van der Waals surface area contributed by atoms with E-state index in [0.717, 1.165) is 17.0 Å². The Kier molecular flexibility index (Phi) is 5.30. The van der Waals surface area contributed by atoms with Gasteiger partial charge in [0.05, 0.1) is 13.7 Å². The van der Waals surface area contributed by atoms with Crippen LogP contribution in [0.3, 0.4) is 0 Å². The van der Waals surface area contributed by atoms with E-state index in [1.165, 1.54) is 31.4 Å². The summed E-state index contributed by atoms with van der Waals surface area (Å²) < 4.78 is 61.2. The molecule has 1 atom stereocenters. The molecule has 27 heavy (non-hydrogen) atoms. The van der Waals surface area contributed by atoms with Gasteiger partial charge in [-0.3, -0.25) is 9.69 Å². The SMILES string of the molecule is COc1cccc(F)c1CN1CC(=O)Nc2ccc(Cl)cc2C1C(F)(F)F. The topological polar surface area (TPSA) is 41.6 Å². The van der Waals surface area contributed by atoms with Crippen molar-refractivity contribution in [3.63, 3.8) is 0 Å². The van der Waals surface area contributed by atoms with Gasteiger partial charge in [-0.05, 0) is 30.3 Å². The van der Waals surface area contributed by atoms with Crippen molar-refractivity contribution in [1.82, 2.24) is 4.90 Å². The normalized spacial score (nSPS) is 17.9. The van der Waals surface area contributed by atoms with E-state index in [1.54, 1.807) is 0 Å². The van der Waals surface area contributed by atoms with E-state index >= 15 is 0 Å². The number of nitrogens with one attached hydrogen (secondary N) is 1. The van der Waals surface area contributed by atoms with E-state index in [4.69, 9.17) is 16.3 Å². The van der Waals surface area contributed by atoms with E-state index < -0.39 is 37.0 Å². The van der Waals surface area contributed by atoms with E-state index in [2.05, 4.69) is 5.32 Å². The van der Waals surface area contributed by atoms with Gasteiger partial charge in [0.15, 0.2) is 0 Å². The molecule has 1 aliphatic heterocycles. The number of alkyl halides is 3. The molecule has 0 aromatic heterocycles. The number of anilines is 1. The standard InChI is InChI=1S/C18H15ClF4N2O2/c1-27-15-4-2-3-13(20)12(15)8-25-9-16(26)24-14-6-5-10(19)7-11(14)17(25)18(21,22)23/h2-7,17H,8-9H2,1H3,(H,24,26). The van der Waals surface area contributed by atoms with Gasteiger partial charge in [-0.15, -0.1) is 0 Å². The monoisotopic (exact) mass is 402 g/mol. The number of hydrogen-bond acceptors (Lipinski definition) is 3. The van der Waals surface area contributed by atoms with E-state index in [0.29, 0.717) is 0 Å². The summed E-state index contributed by atoms with van der Waals surface area (Å²) in [5, 5.41) is 2.55. The van der Waals surface area contributed by atoms with Crippen LogP contribution < -0.4 is 10.1 Å². The van der Waals surface area contributed by atoms with Crippen LogP contribution in [0.2, 0.25) is 5.02 Å². The van der Waals surface area contributed by atoms with Gasteiger partial charge in [0.2, 0.25) is 5.91 Å². The second-order valence-corrected chi connectivity index (χ2v) is 6.49. The van der Waals surface area contributed by atoms with Gasteiger partial charge in [-0.25, -0.2) is 4.39 Å². The third-order valence-corrected chi connectivity index (χ3v) is 4.50. The van der Waals surface area contributed by atoms with Crippen molar-refractivity contribution < 1.29 is 27.1 Å². The van der Waals surface area contributed by atoms with E-state index in [1.807, 2.05) is 0 Å². The zero-order valence-corrected chi connectivity index (χ0v) is 14.9. The lowest BCUT2D eigenvalue weighted by Gasteiger charge is -2.32. The molecular weight excluding hydrogens is 388 g/mol. The molecule has 0 bridgehead atoms. The molecule has 0 radical (unpaired) electrons. The van der Waals surface area contributed by atoms with Gasteiger partial charge in [0.25, 0.3) is 0 Å². The molecule has 1 amide bonds. The van der Waals surface area contributed by atoms with Crippen LogP contribution in [0, 0.1) is 5.82 Å². The predicted octanol–water partition coefficient (Wildman–Crippen LogP) is 4.55. The first-order valence-corrected chi connectivity index (χ1v) is 8.30. The first kappa shape index (κ1) is 19.4. The Labute approximate surface area is 157 Å². The average molecular weight is 403 g/mol. The Bertz CT molecular complexity index is 873. The summed E-state index contributed by atoms with van der Waals surface area (Å²) in [5.41, 5.74) is -0.238. The summed E-state index contributed by atoms with van der Waals surface area (Å²) in [6.45, 7) is -1.05. The number of amides is 1. The highest BCUT2D eigenvalue weighted by molar-refractivity contribution is 6.30. The van der Waals surface area contributed by atoms with Crippen molar-refractivity contribution in [2.24, 2.45) is 0 Å². The Balaban J connectivity index is 2.11. The molecular formula is C18H15ClF4N2O2. The fraction of sp³-hybridized carbons (Fsp3) is 0.278. The zero-order valence-electron chi connectivity index (χ0n) is 14.1. The Morgan fingerprint density at radius 1 is 1.30 bits per heavy atom. The molecule has 1 N–H and O–H groups in total. The van der Waals surface area contributed by atoms with Gasteiger partial charge in [0.1, 0.15) is 17.6 Å². The third kappa shape index (κ3) is 4.01. The van der Waals surface area contributed by atoms with Crippen LogP contribution >= 0.6 is 11.6 Å². The molecule has 3 rings (SSSR count). The molecule has 1 heterocycles. The van der Waals surface area contributed by atoms with E-state index in [-0.39, 0.29) is 27.6 Å². The summed E-state index contributed by atoms with van der Waals surface area (Å²) in [5.74, 6) is -1.25. The van der Waals surface area contributed by atoms with Crippen LogP contribution in [0.5, 0.6) is 5.75 Å². The third-order valence-electron chi connectivity index (χ3n) is 4.26. The number of halogens is 5. The zero-order chi connectivity index (χ0) is 19.8. The second kappa shape index (κ2) is 7.36. The number of fused-ring (bicyclic) bond motifs is 1. The number of carbonyl (C=O) groups is 1. The van der Waals surface area contributed by atoms with Crippen molar-refractivity contribution in [3.8, 4) is 5.75 Å². The van der Waals surface area contributed by atoms with Crippen LogP contribution in [-0.2, 0) is 11.3 Å². The Morgan fingerprint density at radius 3 is 2.70 bits per heavy atom. The van der Waals surface area contributed by atoms with Crippen LogP contribution in [-0.4, -0.2) is 30.6 Å². The van der Waals surface area contributed by atoms with Crippen LogP contribution in [0.4, 0.5) is 23.2 Å². The summed E-state index contributed by atoms with van der Waals surface area (Å²) in [4.78, 5) is 13.0. The number of rotatable bonds is 3. The van der Waals surface area contributed by atoms with Crippen LogP contribution in [0.25, 0.3) is 0 Å². The smallest absolute Gasteiger partial charge is 0.408 e. The summed E-state index contributed by atoms with van der Waals surface area (Å²) in [6.07, 6.45) is -4.72. The first-order chi connectivity index (χ1) is 12.7. The minimum Gasteiger partial charge on any atom is -0.496 e. The number of nitrogens with zero attached hydrogens (tertiary/aromatic N) is 1. The molecule has 1 unspecified atom stereocenters. The number of methoxy groups -OCH3 is 1. The lowest BCUT2D eigenvalue weighted by Crippen LogP contribution is -2.40. The predicted molar refractivity (Wildman–Crippen MR) is 92.2 cm³/mol. The molecule has 2 aromatic rings. The molecule has 4 nitrogen and oxygen atoms in total. The molecule has 0 spiro atoms. The number of benzene rings is 2. The molecule has 0 fully saturated rings. The maximum atomic E-state index is 14.3. The highest BCUT2D eigenvalue weighted by atomic mass is 35.5. The molecule has 144 valence electrons. The number of ether oxygens (including phenoxy) is 1. The largest absolute Gasteiger partial charge is 0.496 e. The number of hydrogen-bond donors (Lipinski definition) is 1. The van der Waals surface area contributed by atoms with Crippen molar-refractivity contribution in [1.29, 1.82) is 0 Å². The fourth-order valence-electron chi connectivity index (χ4n) is 3.15. The quantitative estimate of drug-likeness (QED) is 0.766. The van der Waals surface area contributed by atoms with Gasteiger partial charge in [-0.1, -0.05) is 17.7 Å². The Morgan fingerprint density at radius 2 is 2.04 bits per heavy atom. The van der Waals surface area contributed by atoms with Gasteiger partial charge in [0, 0.05) is 28.4 Å². The summed E-state index contributed by atoms with van der Waals surface area (Å²) in [7, 11) is 1.30. The van der Waals surface area contributed by atoms with Gasteiger partial charge in [-0.2, -0.15) is 13.2 Å². The van der Waals surface area contributed by atoms with Crippen molar-refractivity contribution >= 4 is 23.2 Å². The fourth-order valence-corrected chi connectivity index (χ4v) is 3.33. The number of carbonyl (C=O) groups excluding carboxylic acids is 1. The molecule has 2 aromatic carbocycles. The highest BCUT2D eigenvalue weighted by Crippen LogP contribution is 2.44. The van der Waals surface area contributed by atoms with Crippen molar-refractivity contribution in [3.05, 3.63) is 58.4 Å². The Hall–Kier alpha value is -2.32. The molecule has 0 saturated heterocycles. The molecule has 0 aliphatic carbocycles. The van der Waals surface area contributed by atoms with Gasteiger partial charge < -0.3 is 10.1 Å². The summed E-state index contributed by atoms with van der Waals surface area (Å²) in [6, 6.07) is 5.70. The minimum absolute atomic E-state index is 0.0229. The second-order valence-electron chi connectivity index (χ2n) is 6.05. The molecule has 0 saturated carbocycles. The average Bonchev–Trinajstić information content (AvgIpc) is 2.71. The minimum atomic E-state index is -4.72. The van der Waals surface area contributed by atoms with Crippen molar-refractivity contribution in [2.75, 3.05) is 19.0 Å². The lowest BCUT2D eigenvalue weighted by molar-refractivity contribution is -0.187. The molecule has 9 heteroatoms. The first-order valence-electron chi connectivity index (χ1n) is 7.92. The van der Waals surface area contributed by atoms with Crippen molar-refractivity contribution in [2.45, 2.75) is 18.8 Å².